The first-order valence-corrected chi connectivity index (χ1v) is 43.2. The van der Waals surface area contributed by atoms with Gasteiger partial charge in [-0.2, -0.15) is 20.4 Å². The molecule has 634 valence electrons. The molecule has 8 aromatic rings. The maximum Gasteiger partial charge on any atom is 0.317 e. The van der Waals surface area contributed by atoms with Gasteiger partial charge in [-0.05, 0) is 198 Å². The topological polar surface area (TPSA) is 345 Å². The zero-order valence-corrected chi connectivity index (χ0v) is 72.0. The first-order chi connectivity index (χ1) is 54.9. The molecule has 4 saturated heterocycles. The van der Waals surface area contributed by atoms with Crippen molar-refractivity contribution in [2.45, 2.75) is 246 Å². The van der Waals surface area contributed by atoms with Crippen LogP contribution in [0.4, 0.5) is 23.6 Å². The number of carbonyl (C=O) groups excluding carboxylic acids is 4. The monoisotopic (exact) mass is 1680 g/mol. The number of hydrogen-bond donors (Lipinski definition) is 13. The maximum atomic E-state index is 13.6. The fourth-order valence-corrected chi connectivity index (χ4v) is 20.2. The first-order valence-electron chi connectivity index (χ1n) is 41.7. The predicted molar refractivity (Wildman–Crippen MR) is 454 cm³/mol. The Morgan fingerprint density at radius 3 is 0.948 bits per heavy atom. The van der Waals surface area contributed by atoms with Crippen LogP contribution in [-0.4, -0.2) is 198 Å². The van der Waals surface area contributed by atoms with Gasteiger partial charge in [0.2, 0.25) is 0 Å². The molecule has 4 aromatic heterocycles. The lowest BCUT2D eigenvalue weighted by atomic mass is 9.68. The molecule has 0 radical (unpaired) electrons. The zero-order valence-electron chi connectivity index (χ0n) is 68.9. The SMILES string of the molecule is CC(C)(C1CCN(C(=O)NC2CCCC2)CC1)[C@H](O)c1cc(Cl)cc2cn[nH]c12.CC(C)(C1CCN(C(=O)N[C@@H]2CC[C@@H](O)C2)CC1)[C@H](O)c1cc(Cl)cc2cn[nH]c12.CC(C)NC(=O)N1CCC(C(C)(C)[C@H](O)c2cc(Cl)cc3cn[nH]c23)CC1.CC1(F)CC(NC(=O)N2CCC(C(C)(C)[C@H](O)c3cc(Cl)cc4cn[nH]c34)CC2)C1. The number of fused-ring (bicyclic) bond motifs is 4. The third-order valence-electron chi connectivity index (χ3n) is 27.0. The second kappa shape index (κ2) is 36.8. The van der Waals surface area contributed by atoms with E-state index >= 15 is 0 Å². The molecule has 3 aliphatic carbocycles. The first kappa shape index (κ1) is 88.0. The summed E-state index contributed by atoms with van der Waals surface area (Å²) in [5.74, 6) is 1.12. The Hall–Kier alpha value is -7.27. The lowest BCUT2D eigenvalue weighted by Gasteiger charge is -2.44. The number of aromatic nitrogens is 8. The van der Waals surface area contributed by atoms with Crippen molar-refractivity contribution in [1.29, 1.82) is 0 Å². The molecule has 0 unspecified atom stereocenters. The second-order valence-corrected chi connectivity index (χ2v) is 38.6. The maximum absolute atomic E-state index is 13.6. The van der Waals surface area contributed by atoms with Crippen LogP contribution in [0, 0.1) is 45.3 Å². The van der Waals surface area contributed by atoms with E-state index in [-0.39, 0.29) is 76.4 Å². The molecular formula is C86H121Cl4FN16O9. The van der Waals surface area contributed by atoms with Crippen molar-refractivity contribution in [3.63, 3.8) is 0 Å². The van der Waals surface area contributed by atoms with Crippen LogP contribution < -0.4 is 21.3 Å². The number of likely N-dealkylation sites (tertiary alicyclic amines) is 4. The van der Waals surface area contributed by atoms with Crippen molar-refractivity contribution in [3.05, 3.63) is 116 Å². The minimum atomic E-state index is -1.15. The van der Waals surface area contributed by atoms with Gasteiger partial charge < -0.3 is 66.4 Å². The van der Waals surface area contributed by atoms with Crippen molar-refractivity contribution >= 4 is 114 Å². The highest BCUT2D eigenvalue weighted by Crippen LogP contribution is 2.51. The Morgan fingerprint density at radius 2 is 0.690 bits per heavy atom. The van der Waals surface area contributed by atoms with Crippen molar-refractivity contribution in [2.24, 2.45) is 45.3 Å². The van der Waals surface area contributed by atoms with E-state index in [9.17, 15) is 49.1 Å². The zero-order chi connectivity index (χ0) is 83.5. The van der Waals surface area contributed by atoms with E-state index in [0.29, 0.717) is 96.5 Å². The molecule has 0 bridgehead atoms. The molecule has 116 heavy (non-hydrogen) atoms. The van der Waals surface area contributed by atoms with Crippen LogP contribution in [0.3, 0.4) is 0 Å². The molecule has 25 nitrogen and oxygen atoms in total. The molecule has 8 heterocycles. The quantitative estimate of drug-likeness (QED) is 0.0428. The van der Waals surface area contributed by atoms with Crippen LogP contribution in [0.15, 0.2) is 73.3 Å². The summed E-state index contributed by atoms with van der Waals surface area (Å²) in [6, 6.07) is 15.0. The van der Waals surface area contributed by atoms with Crippen molar-refractivity contribution < 1.29 is 49.1 Å². The Kier molecular flexibility index (Phi) is 27.9. The average molecular weight is 1680 g/mol. The molecule has 30 heteroatoms. The second-order valence-electron chi connectivity index (χ2n) is 36.9. The molecule has 4 aromatic carbocycles. The van der Waals surface area contributed by atoms with Gasteiger partial charge in [-0.15, -0.1) is 0 Å². The molecule has 13 N–H and O–H groups in total. The Labute approximate surface area is 699 Å². The largest absolute Gasteiger partial charge is 0.393 e. The van der Waals surface area contributed by atoms with E-state index in [1.165, 1.54) is 12.8 Å². The molecule has 7 aliphatic rings. The van der Waals surface area contributed by atoms with Gasteiger partial charge in [0.05, 0.1) is 77.4 Å². The molecule has 8 amide bonds. The molecule has 7 fully saturated rings. The number of halogens is 5. The Morgan fingerprint density at radius 1 is 0.422 bits per heavy atom. The van der Waals surface area contributed by atoms with Gasteiger partial charge in [0.1, 0.15) is 5.67 Å². The Balaban J connectivity index is 0.000000143. The van der Waals surface area contributed by atoms with Crippen LogP contribution >= 0.6 is 46.4 Å². The fourth-order valence-electron chi connectivity index (χ4n) is 19.2. The number of aromatic amines is 4. The van der Waals surface area contributed by atoms with Crippen molar-refractivity contribution in [1.82, 2.24) is 81.7 Å². The predicted octanol–water partition coefficient (Wildman–Crippen LogP) is 16.9. The summed E-state index contributed by atoms with van der Waals surface area (Å²) >= 11 is 25.1. The van der Waals surface area contributed by atoms with Crippen molar-refractivity contribution in [2.75, 3.05) is 52.4 Å². The molecule has 3 saturated carbocycles. The van der Waals surface area contributed by atoms with Gasteiger partial charge in [0, 0.05) is 153 Å². The van der Waals surface area contributed by atoms with Crippen molar-refractivity contribution in [3.8, 4) is 0 Å². The number of piperidine rings is 4. The molecule has 6 atom stereocenters. The number of amides is 8. The number of aliphatic hydroxyl groups excluding tert-OH is 5. The van der Waals surface area contributed by atoms with Crippen LogP contribution in [0.5, 0.6) is 0 Å². The molecule has 0 spiro atoms. The van der Waals surface area contributed by atoms with E-state index in [0.717, 1.165) is 156 Å². The van der Waals surface area contributed by atoms with Crippen LogP contribution in [0.2, 0.25) is 20.1 Å². The number of carbonyl (C=O) groups is 4. The van der Waals surface area contributed by atoms with Crippen LogP contribution in [-0.2, 0) is 0 Å². The van der Waals surface area contributed by atoms with E-state index in [1.54, 1.807) is 42.7 Å². The standard InChI is InChI=1S/C22H30ClFN4O2.C22H31ClN4O3.C22H31ClN4O2.C20H29ClN4O2/c1-21(2,19(29)17-9-15(23)8-13-12-25-27-18(13)17)14-4-6-28(7-5-14)20(30)26-16-10-22(3,24)11-16;1-22(2,20(29)18-10-15(23)9-13-12-24-26-19(13)18)14-5-7-27(8-6-14)21(30)25-16-3-4-17(28)11-16;1-22(2,20(28)18-12-16(23)11-14-13-24-26-19(14)18)15-7-9-27(10-8-15)21(29)25-17-5-3-4-6-17;1-12(2)23-19(27)25-7-5-14(6-8-25)20(3,4)18(26)16-10-15(21)9-13-11-22-24-17(13)16/h8-9,12,14,16,19,29H,4-7,10-11H2,1-3H3,(H,25,27)(H,26,30);9-10,12,14,16-17,20,28-29H,3-8,11H2,1-2H3,(H,24,26)(H,25,30);11-13,15,17,20,28H,3-10H2,1-2H3,(H,24,26)(H,25,29);9-12,14,18,26H,5-8H2,1-4H3,(H,22,24)(H,23,27)/t16?,19-,22?;16-,17-,20-;20-;18-/m1111/s1. The summed E-state index contributed by atoms with van der Waals surface area (Å²) in [5.41, 5.74) is 3.71. The number of nitrogens with one attached hydrogen (secondary N) is 8. The molecule has 15 rings (SSSR count). The smallest absolute Gasteiger partial charge is 0.317 e. The van der Waals surface area contributed by atoms with Gasteiger partial charge in [-0.25, -0.2) is 23.6 Å². The Bertz CT molecular complexity index is 4670. The highest BCUT2D eigenvalue weighted by molar-refractivity contribution is 6.32. The summed E-state index contributed by atoms with van der Waals surface area (Å²) in [6.45, 7) is 27.7. The number of benzene rings is 4. The van der Waals surface area contributed by atoms with Crippen LogP contribution in [0.25, 0.3) is 43.6 Å². The van der Waals surface area contributed by atoms with Gasteiger partial charge in [0.15, 0.2) is 0 Å². The highest BCUT2D eigenvalue weighted by Gasteiger charge is 2.47. The summed E-state index contributed by atoms with van der Waals surface area (Å²) in [5, 5.41) is 101. The van der Waals surface area contributed by atoms with E-state index in [4.69, 9.17) is 46.4 Å². The minimum absolute atomic E-state index is 0.00388. The number of nitrogens with zero attached hydrogens (tertiary/aromatic N) is 8. The minimum Gasteiger partial charge on any atom is -0.393 e. The number of alkyl halides is 1. The lowest BCUT2D eigenvalue weighted by molar-refractivity contribution is -0.0151. The van der Waals surface area contributed by atoms with E-state index < -0.39 is 35.5 Å². The molecular weight excluding hydrogens is 1560 g/mol. The lowest BCUT2D eigenvalue weighted by Crippen LogP contribution is -2.55. The summed E-state index contributed by atoms with van der Waals surface area (Å²) < 4.78 is 13.6. The van der Waals surface area contributed by atoms with Gasteiger partial charge in [-0.1, -0.05) is 115 Å². The van der Waals surface area contributed by atoms with Crippen LogP contribution in [0.1, 0.15) is 232 Å². The van der Waals surface area contributed by atoms with Gasteiger partial charge in [0.25, 0.3) is 0 Å². The summed E-state index contributed by atoms with van der Waals surface area (Å²) in [7, 11) is 0. The number of aliphatic hydroxyl groups is 5. The molecule has 4 aliphatic heterocycles. The number of hydrogen-bond acceptors (Lipinski definition) is 13. The van der Waals surface area contributed by atoms with E-state index in [2.05, 4.69) is 117 Å². The third-order valence-corrected chi connectivity index (χ3v) is 27.9. The summed E-state index contributed by atoms with van der Waals surface area (Å²) in [6.07, 6.45) is 18.2. The fraction of sp³-hybridized carbons (Fsp3) is 0.628. The number of urea groups is 4. The number of rotatable bonds is 16. The van der Waals surface area contributed by atoms with E-state index in [1.807, 2.05) is 71.0 Å². The highest BCUT2D eigenvalue weighted by atomic mass is 35.5. The summed E-state index contributed by atoms with van der Waals surface area (Å²) in [4.78, 5) is 57.3. The van der Waals surface area contributed by atoms with Gasteiger partial charge >= 0.3 is 24.1 Å². The average Bonchev–Trinajstić information content (AvgIpc) is 1.48. The van der Waals surface area contributed by atoms with Gasteiger partial charge in [-0.3, -0.25) is 20.4 Å². The third kappa shape index (κ3) is 20.3. The number of H-pyrrole nitrogens is 4. The normalized spacial score (nSPS) is 22.3.